The Morgan fingerprint density at radius 2 is 1.79 bits per heavy atom. The molecule has 38 heavy (non-hydrogen) atoms. The summed E-state index contributed by atoms with van der Waals surface area (Å²) in [7, 11) is 0. The molecule has 0 aliphatic carbocycles. The van der Waals surface area contributed by atoms with Crippen molar-refractivity contribution in [2.45, 2.75) is 48.7 Å². The van der Waals surface area contributed by atoms with Crippen molar-refractivity contribution in [3.8, 4) is 5.75 Å². The van der Waals surface area contributed by atoms with Crippen LogP contribution in [-0.2, 0) is 25.7 Å². The van der Waals surface area contributed by atoms with E-state index in [1.54, 1.807) is 13.8 Å². The van der Waals surface area contributed by atoms with Gasteiger partial charge in [-0.25, -0.2) is 9.59 Å². The lowest BCUT2D eigenvalue weighted by Gasteiger charge is -2.44. The molecule has 13 nitrogen and oxygen atoms in total. The van der Waals surface area contributed by atoms with Gasteiger partial charge >= 0.3 is 12.1 Å². The molecule has 4 atom stereocenters. The van der Waals surface area contributed by atoms with E-state index in [1.165, 1.54) is 65.2 Å². The van der Waals surface area contributed by atoms with Crippen LogP contribution < -0.4 is 10.6 Å². The van der Waals surface area contributed by atoms with Crippen LogP contribution in [0.3, 0.4) is 0 Å². The summed E-state index contributed by atoms with van der Waals surface area (Å²) in [6, 6.07) is 7.51. The molecule has 2 heterocycles. The number of amides is 3. The molecule has 0 bridgehead atoms. The fourth-order valence-electron chi connectivity index (χ4n) is 4.37. The van der Waals surface area contributed by atoms with E-state index in [9.17, 15) is 39.5 Å². The molecular weight excluding hydrogens is 520 g/mol. The number of nitro groups is 1. The van der Waals surface area contributed by atoms with Crippen LogP contribution in [0.25, 0.3) is 0 Å². The number of nitrogens with one attached hydrogen (secondary N) is 2. The van der Waals surface area contributed by atoms with Gasteiger partial charge in [-0.3, -0.25) is 19.7 Å². The zero-order valence-corrected chi connectivity index (χ0v) is 21.0. The highest BCUT2D eigenvalue weighted by Crippen LogP contribution is 2.50. The van der Waals surface area contributed by atoms with Gasteiger partial charge < -0.3 is 30.5 Å². The number of nitrogens with zero attached hydrogens (tertiary/aromatic N) is 2. The third-order valence-electron chi connectivity index (χ3n) is 6.24. The summed E-state index contributed by atoms with van der Waals surface area (Å²) in [5, 5.41) is 34.4. The Labute approximate surface area is 220 Å². The van der Waals surface area contributed by atoms with Crippen LogP contribution in [0.2, 0.25) is 0 Å². The lowest BCUT2D eigenvalue weighted by molar-refractivity contribution is -0.384. The number of hydrogen-bond acceptors (Lipinski definition) is 9. The Hall–Kier alpha value is -4.33. The lowest BCUT2D eigenvalue weighted by atomic mass is 9.95. The predicted molar refractivity (Wildman–Crippen MR) is 133 cm³/mol. The number of carbonyl (C=O) groups excluding carboxylic acids is 3. The van der Waals surface area contributed by atoms with Gasteiger partial charge in [-0.2, -0.15) is 0 Å². The molecule has 14 heteroatoms. The molecule has 0 aromatic heterocycles. The number of aromatic hydroxyl groups is 1. The van der Waals surface area contributed by atoms with Crippen molar-refractivity contribution >= 4 is 41.3 Å². The molecule has 0 radical (unpaired) electrons. The third kappa shape index (κ3) is 5.20. The molecule has 2 saturated heterocycles. The van der Waals surface area contributed by atoms with Crippen molar-refractivity contribution in [1.29, 1.82) is 0 Å². The van der Waals surface area contributed by atoms with Gasteiger partial charge in [0, 0.05) is 16.9 Å². The summed E-state index contributed by atoms with van der Waals surface area (Å²) in [5.74, 6) is -2.48. The molecule has 200 valence electrons. The fraction of sp³-hybridized carbons (Fsp3) is 0.333. The Kier molecular flexibility index (Phi) is 7.18. The largest absolute Gasteiger partial charge is 0.508 e. The number of ether oxygens (including phenoxy) is 1. The van der Waals surface area contributed by atoms with Crippen LogP contribution in [-0.4, -0.2) is 66.1 Å². The van der Waals surface area contributed by atoms with E-state index in [-0.39, 0.29) is 18.0 Å². The number of non-ortho nitro benzene ring substituents is 1. The highest BCUT2D eigenvalue weighted by Gasteiger charge is 2.64. The number of nitro benzene ring substituents is 1. The second-order valence-corrected chi connectivity index (χ2v) is 11.0. The van der Waals surface area contributed by atoms with Gasteiger partial charge in [0.2, 0.25) is 11.8 Å². The average molecular weight is 545 g/mol. The monoisotopic (exact) mass is 544 g/mol. The summed E-state index contributed by atoms with van der Waals surface area (Å²) < 4.78 is 4.39. The topological polar surface area (TPSA) is 188 Å². The van der Waals surface area contributed by atoms with Crippen LogP contribution in [0.15, 0.2) is 48.5 Å². The number of fused-ring (bicyclic) bond motifs is 1. The molecule has 2 aliphatic heterocycles. The quantitative estimate of drug-likeness (QED) is 0.217. The van der Waals surface area contributed by atoms with E-state index in [0.29, 0.717) is 11.1 Å². The van der Waals surface area contributed by atoms with E-state index in [4.69, 9.17) is 4.74 Å². The van der Waals surface area contributed by atoms with Crippen LogP contribution in [0.5, 0.6) is 5.75 Å². The Morgan fingerprint density at radius 1 is 1.16 bits per heavy atom. The first-order chi connectivity index (χ1) is 17.9. The van der Waals surface area contributed by atoms with Gasteiger partial charge in [0.25, 0.3) is 5.69 Å². The minimum Gasteiger partial charge on any atom is -0.508 e. The van der Waals surface area contributed by atoms with Crippen molar-refractivity contribution in [2.24, 2.45) is 0 Å². The van der Waals surface area contributed by atoms with Crippen LogP contribution >= 0.6 is 11.8 Å². The number of carboxylic acid groups (broad SMARTS) is 1. The highest BCUT2D eigenvalue weighted by molar-refractivity contribution is 8.01. The van der Waals surface area contributed by atoms with Crippen molar-refractivity contribution in [3.63, 3.8) is 0 Å². The highest BCUT2D eigenvalue weighted by atomic mass is 32.2. The minimum absolute atomic E-state index is 0.0669. The Morgan fingerprint density at radius 3 is 2.37 bits per heavy atom. The molecule has 0 saturated carbocycles. The van der Waals surface area contributed by atoms with Crippen molar-refractivity contribution in [2.75, 3.05) is 0 Å². The number of alkyl carbamates (subject to hydrolysis) is 1. The molecule has 4 N–H and O–H groups in total. The van der Waals surface area contributed by atoms with Gasteiger partial charge in [0.1, 0.15) is 35.9 Å². The zero-order chi connectivity index (χ0) is 27.8. The summed E-state index contributed by atoms with van der Waals surface area (Å²) in [4.78, 5) is 61.8. The van der Waals surface area contributed by atoms with Crippen molar-refractivity contribution in [3.05, 3.63) is 69.8 Å². The number of phenols is 1. The van der Waals surface area contributed by atoms with E-state index in [2.05, 4.69) is 10.6 Å². The number of benzene rings is 2. The number of hydrogen-bond donors (Lipinski definition) is 4. The lowest BCUT2D eigenvalue weighted by Crippen LogP contribution is -2.71. The van der Waals surface area contributed by atoms with Crippen LogP contribution in [0, 0.1) is 10.1 Å². The number of carbonyl (C=O) groups is 4. The predicted octanol–water partition coefficient (Wildman–Crippen LogP) is 1.90. The molecule has 4 rings (SSSR count). The van der Waals surface area contributed by atoms with E-state index in [1.807, 2.05) is 0 Å². The molecule has 2 aliphatic rings. The number of β-lactam (4-membered cyclic amide) rings is 1. The third-order valence-corrected chi connectivity index (χ3v) is 7.81. The summed E-state index contributed by atoms with van der Waals surface area (Å²) >= 11 is 1.26. The van der Waals surface area contributed by atoms with E-state index in [0.717, 1.165) is 0 Å². The van der Waals surface area contributed by atoms with E-state index < -0.39 is 57.0 Å². The molecule has 0 unspecified atom stereocenters. The van der Waals surface area contributed by atoms with Gasteiger partial charge in [-0.15, -0.1) is 11.8 Å². The first kappa shape index (κ1) is 26.7. The maximum absolute atomic E-state index is 13.2. The molecule has 3 amide bonds. The molecule has 0 spiro atoms. The number of carboxylic acids is 1. The van der Waals surface area contributed by atoms with Crippen LogP contribution in [0.1, 0.15) is 31.0 Å². The minimum atomic E-state index is -1.31. The number of thioether (sulfide) groups is 1. The second-order valence-electron chi connectivity index (χ2n) is 9.25. The first-order valence-electron chi connectivity index (χ1n) is 11.4. The SMILES string of the molecule is CC1(C)S[C@@H]2[C@H](NC(=O)[C@H](NC(=O)OCc3ccc([N+](=O)[O-])cc3)c3ccc(O)cc3)C(=O)N2[C@H]1C(=O)O. The van der Waals surface area contributed by atoms with Gasteiger partial charge in [-0.05, 0) is 49.2 Å². The van der Waals surface area contributed by atoms with Gasteiger partial charge in [0.05, 0.1) is 4.92 Å². The van der Waals surface area contributed by atoms with Gasteiger partial charge in [-0.1, -0.05) is 12.1 Å². The smallest absolute Gasteiger partial charge is 0.408 e. The Bertz CT molecular complexity index is 1280. The number of rotatable bonds is 8. The standard InChI is InChI=1S/C24H24N4O9S/c1-24(2)18(22(32)33)27-20(31)17(21(27)38-24)25-19(30)16(13-5-9-15(29)10-6-13)26-23(34)37-11-12-3-7-14(8-4-12)28(35)36/h3-10,16-18,21,29H,11H2,1-2H3,(H,25,30)(H,26,34)(H,32,33)/t16-,17-,18+,21-/m1/s1. The summed E-state index contributed by atoms with van der Waals surface area (Å²) in [6.45, 7) is 3.19. The number of phenolic OH excluding ortho intramolecular Hbond substituents is 1. The van der Waals surface area contributed by atoms with Gasteiger partial charge in [0.15, 0.2) is 0 Å². The fourth-order valence-corrected chi connectivity index (χ4v) is 6.00. The van der Waals surface area contributed by atoms with Crippen LogP contribution in [0.4, 0.5) is 10.5 Å². The normalized spacial score (nSPS) is 22.0. The van der Waals surface area contributed by atoms with E-state index >= 15 is 0 Å². The van der Waals surface area contributed by atoms with Crippen molar-refractivity contribution < 1.29 is 39.1 Å². The maximum Gasteiger partial charge on any atom is 0.408 e. The Balaban J connectivity index is 1.45. The second kappa shape index (κ2) is 10.2. The van der Waals surface area contributed by atoms with Crippen molar-refractivity contribution in [1.82, 2.24) is 15.5 Å². The summed E-state index contributed by atoms with van der Waals surface area (Å²) in [5.41, 5.74) is 0.647. The zero-order valence-electron chi connectivity index (χ0n) is 20.2. The number of aliphatic carboxylic acids is 1. The molecule has 2 fully saturated rings. The summed E-state index contributed by atoms with van der Waals surface area (Å²) in [6.07, 6.45) is -0.972. The molecular formula is C24H24N4O9S. The maximum atomic E-state index is 13.2. The average Bonchev–Trinajstić information content (AvgIpc) is 3.13. The molecule has 2 aromatic carbocycles. The molecule has 2 aromatic rings. The first-order valence-corrected chi connectivity index (χ1v) is 12.3.